The van der Waals surface area contributed by atoms with Crippen LogP contribution in [-0.2, 0) is 9.47 Å². The number of morpholine rings is 1. The Morgan fingerprint density at radius 3 is 2.64 bits per heavy atom. The third-order valence-electron chi connectivity index (χ3n) is 4.00. The van der Waals surface area contributed by atoms with Crippen LogP contribution >= 0.6 is 0 Å². The summed E-state index contributed by atoms with van der Waals surface area (Å²) in [6.45, 7) is 14.2. The Morgan fingerprint density at radius 2 is 2.00 bits per heavy atom. The summed E-state index contributed by atoms with van der Waals surface area (Å²) < 4.78 is 10.8. The fraction of sp³-hybridized carbons (Fsp3) is 0.938. The molecule has 0 saturated carbocycles. The predicted octanol–water partition coefficient (Wildman–Crippen LogP) is 1.31. The molecule has 6 heteroatoms. The maximum absolute atomic E-state index is 12.1. The van der Waals surface area contributed by atoms with Gasteiger partial charge in [-0.25, -0.2) is 4.79 Å². The number of hydrogen-bond donors (Lipinski definition) is 1. The van der Waals surface area contributed by atoms with E-state index >= 15 is 0 Å². The highest BCUT2D eigenvalue weighted by molar-refractivity contribution is 5.68. The fourth-order valence-electron chi connectivity index (χ4n) is 3.01. The number of ether oxygens (including phenoxy) is 2. The molecule has 1 amide bonds. The number of likely N-dealkylation sites (tertiary alicyclic amines) is 1. The summed E-state index contributed by atoms with van der Waals surface area (Å²) >= 11 is 0. The van der Waals surface area contributed by atoms with Crippen molar-refractivity contribution in [3.05, 3.63) is 0 Å². The standard InChI is InChI=1S/C16H31N3O3/c1-13(11-18-7-9-21-10-8-18)17-14-5-6-19(12-14)15(20)22-16(2,3)4/h13-14,17H,5-12H2,1-4H3. The van der Waals surface area contributed by atoms with Gasteiger partial charge in [0.2, 0.25) is 0 Å². The molecular weight excluding hydrogens is 282 g/mol. The fourth-order valence-corrected chi connectivity index (χ4v) is 3.01. The van der Waals surface area contributed by atoms with Gasteiger partial charge in [-0.3, -0.25) is 4.90 Å². The van der Waals surface area contributed by atoms with Gasteiger partial charge < -0.3 is 19.7 Å². The van der Waals surface area contributed by atoms with Crippen LogP contribution in [0.1, 0.15) is 34.1 Å². The predicted molar refractivity (Wildman–Crippen MR) is 86.1 cm³/mol. The zero-order valence-electron chi connectivity index (χ0n) is 14.4. The summed E-state index contributed by atoms with van der Waals surface area (Å²) in [6, 6.07) is 0.783. The van der Waals surface area contributed by atoms with E-state index in [4.69, 9.17) is 9.47 Å². The Morgan fingerprint density at radius 1 is 1.32 bits per heavy atom. The van der Waals surface area contributed by atoms with Gasteiger partial charge in [-0.15, -0.1) is 0 Å². The Balaban J connectivity index is 1.70. The van der Waals surface area contributed by atoms with Gasteiger partial charge >= 0.3 is 6.09 Å². The van der Waals surface area contributed by atoms with E-state index in [-0.39, 0.29) is 6.09 Å². The Bertz CT molecular complexity index is 364. The van der Waals surface area contributed by atoms with E-state index in [1.165, 1.54) is 0 Å². The molecule has 22 heavy (non-hydrogen) atoms. The number of nitrogens with zero attached hydrogens (tertiary/aromatic N) is 2. The van der Waals surface area contributed by atoms with Crippen LogP contribution in [0.15, 0.2) is 0 Å². The molecule has 0 radical (unpaired) electrons. The molecule has 0 spiro atoms. The monoisotopic (exact) mass is 313 g/mol. The second-order valence-corrected chi connectivity index (χ2v) is 7.39. The van der Waals surface area contributed by atoms with Crippen molar-refractivity contribution in [2.45, 2.75) is 51.8 Å². The van der Waals surface area contributed by atoms with Crippen molar-refractivity contribution in [3.63, 3.8) is 0 Å². The van der Waals surface area contributed by atoms with Gasteiger partial charge in [0, 0.05) is 44.8 Å². The van der Waals surface area contributed by atoms with Crippen LogP contribution < -0.4 is 5.32 Å². The molecule has 0 aliphatic carbocycles. The molecule has 128 valence electrons. The van der Waals surface area contributed by atoms with Gasteiger partial charge in [-0.1, -0.05) is 0 Å². The van der Waals surface area contributed by atoms with Crippen molar-refractivity contribution in [2.75, 3.05) is 45.9 Å². The first kappa shape index (κ1) is 17.5. The average molecular weight is 313 g/mol. The van der Waals surface area contributed by atoms with Crippen molar-refractivity contribution in [3.8, 4) is 0 Å². The normalized spacial score (nSPS) is 25.3. The number of carbonyl (C=O) groups is 1. The molecule has 2 saturated heterocycles. The molecule has 0 aromatic heterocycles. The van der Waals surface area contributed by atoms with Crippen LogP contribution in [-0.4, -0.2) is 79.5 Å². The number of rotatable bonds is 4. The summed E-state index contributed by atoms with van der Waals surface area (Å²) in [5.74, 6) is 0. The minimum Gasteiger partial charge on any atom is -0.444 e. The van der Waals surface area contributed by atoms with E-state index in [1.807, 2.05) is 25.7 Å². The summed E-state index contributed by atoms with van der Waals surface area (Å²) in [6.07, 6.45) is 0.796. The van der Waals surface area contributed by atoms with Gasteiger partial charge in [0.25, 0.3) is 0 Å². The van der Waals surface area contributed by atoms with Gasteiger partial charge in [0.05, 0.1) is 13.2 Å². The van der Waals surface area contributed by atoms with E-state index in [1.54, 1.807) is 0 Å². The van der Waals surface area contributed by atoms with Gasteiger partial charge in [0.1, 0.15) is 5.60 Å². The van der Waals surface area contributed by atoms with Crippen LogP contribution in [0, 0.1) is 0 Å². The second-order valence-electron chi connectivity index (χ2n) is 7.39. The molecule has 2 unspecified atom stereocenters. The zero-order chi connectivity index (χ0) is 16.2. The molecule has 2 aliphatic rings. The van der Waals surface area contributed by atoms with Crippen LogP contribution in [0.3, 0.4) is 0 Å². The Hall–Kier alpha value is -0.850. The lowest BCUT2D eigenvalue weighted by Gasteiger charge is -2.30. The van der Waals surface area contributed by atoms with Crippen LogP contribution in [0.25, 0.3) is 0 Å². The maximum Gasteiger partial charge on any atom is 0.410 e. The third-order valence-corrected chi connectivity index (χ3v) is 4.00. The summed E-state index contributed by atoms with van der Waals surface area (Å²) in [4.78, 5) is 16.3. The molecule has 2 fully saturated rings. The van der Waals surface area contributed by atoms with Crippen molar-refractivity contribution in [1.82, 2.24) is 15.1 Å². The number of amides is 1. The lowest BCUT2D eigenvalue weighted by atomic mass is 10.2. The van der Waals surface area contributed by atoms with E-state index in [0.29, 0.717) is 12.1 Å². The minimum absolute atomic E-state index is 0.197. The molecule has 2 aliphatic heterocycles. The minimum atomic E-state index is -0.424. The second kappa shape index (κ2) is 7.62. The van der Waals surface area contributed by atoms with Gasteiger partial charge in [-0.2, -0.15) is 0 Å². The smallest absolute Gasteiger partial charge is 0.410 e. The molecule has 2 rings (SSSR count). The average Bonchev–Trinajstić information content (AvgIpc) is 2.86. The quantitative estimate of drug-likeness (QED) is 0.848. The van der Waals surface area contributed by atoms with Crippen molar-refractivity contribution >= 4 is 6.09 Å². The number of carbonyl (C=O) groups excluding carboxylic acids is 1. The first-order chi connectivity index (χ1) is 10.3. The largest absolute Gasteiger partial charge is 0.444 e. The Labute approximate surface area is 134 Å². The number of hydrogen-bond acceptors (Lipinski definition) is 5. The summed E-state index contributed by atoms with van der Waals surface area (Å²) in [5.41, 5.74) is -0.424. The van der Waals surface area contributed by atoms with Crippen LogP contribution in [0.2, 0.25) is 0 Å². The van der Waals surface area contributed by atoms with E-state index in [2.05, 4.69) is 17.1 Å². The highest BCUT2D eigenvalue weighted by atomic mass is 16.6. The lowest BCUT2D eigenvalue weighted by Crippen LogP contribution is -2.48. The highest BCUT2D eigenvalue weighted by Crippen LogP contribution is 2.15. The summed E-state index contributed by atoms with van der Waals surface area (Å²) in [7, 11) is 0. The van der Waals surface area contributed by atoms with Gasteiger partial charge in [0.15, 0.2) is 0 Å². The first-order valence-electron chi connectivity index (χ1n) is 8.37. The molecule has 6 nitrogen and oxygen atoms in total. The molecule has 2 atom stereocenters. The Kier molecular flexibility index (Phi) is 6.06. The van der Waals surface area contributed by atoms with Crippen LogP contribution in [0.5, 0.6) is 0 Å². The highest BCUT2D eigenvalue weighted by Gasteiger charge is 2.30. The van der Waals surface area contributed by atoms with E-state index in [0.717, 1.165) is 52.4 Å². The van der Waals surface area contributed by atoms with Gasteiger partial charge in [-0.05, 0) is 34.1 Å². The molecule has 0 aromatic carbocycles. The van der Waals surface area contributed by atoms with Crippen molar-refractivity contribution in [1.29, 1.82) is 0 Å². The molecule has 0 aromatic rings. The molecular formula is C16H31N3O3. The van der Waals surface area contributed by atoms with Crippen molar-refractivity contribution in [2.24, 2.45) is 0 Å². The number of nitrogens with one attached hydrogen (secondary N) is 1. The summed E-state index contributed by atoms with van der Waals surface area (Å²) in [5, 5.41) is 3.64. The van der Waals surface area contributed by atoms with Crippen molar-refractivity contribution < 1.29 is 14.3 Å². The maximum atomic E-state index is 12.1. The topological polar surface area (TPSA) is 54.0 Å². The molecule has 2 heterocycles. The van der Waals surface area contributed by atoms with Crippen LogP contribution in [0.4, 0.5) is 4.79 Å². The first-order valence-corrected chi connectivity index (χ1v) is 8.37. The SMILES string of the molecule is CC(CN1CCOCC1)NC1CCN(C(=O)OC(C)(C)C)C1. The third kappa shape index (κ3) is 5.74. The lowest BCUT2D eigenvalue weighted by molar-refractivity contribution is 0.0283. The molecule has 1 N–H and O–H groups in total. The zero-order valence-corrected chi connectivity index (χ0v) is 14.4. The van der Waals surface area contributed by atoms with E-state index < -0.39 is 5.60 Å². The molecule has 0 bridgehead atoms. The van der Waals surface area contributed by atoms with E-state index in [9.17, 15) is 4.79 Å².